The molecule has 6 heteroatoms. The van der Waals surface area contributed by atoms with Crippen LogP contribution in [-0.4, -0.2) is 60.2 Å². The van der Waals surface area contributed by atoms with Gasteiger partial charge in [-0.15, -0.1) is 0 Å². The van der Waals surface area contributed by atoms with E-state index in [0.29, 0.717) is 19.9 Å². The van der Waals surface area contributed by atoms with Crippen molar-refractivity contribution in [2.24, 2.45) is 0 Å². The smallest absolute Gasteiger partial charge is 0.326 e. The molecule has 3 amide bonds. The highest BCUT2D eigenvalue weighted by molar-refractivity contribution is 6.07. The fourth-order valence-corrected chi connectivity index (χ4v) is 3.06. The van der Waals surface area contributed by atoms with Crippen LogP contribution in [0.4, 0.5) is 4.79 Å². The van der Waals surface area contributed by atoms with E-state index >= 15 is 0 Å². The molecule has 0 bridgehead atoms. The summed E-state index contributed by atoms with van der Waals surface area (Å²) in [6.45, 7) is 3.31. The van der Waals surface area contributed by atoms with Gasteiger partial charge in [-0.1, -0.05) is 12.8 Å². The van der Waals surface area contributed by atoms with Crippen LogP contribution in [-0.2, 0) is 9.53 Å². The molecule has 0 aromatic heterocycles. The maximum Gasteiger partial charge on any atom is 0.326 e. The highest BCUT2D eigenvalue weighted by Gasteiger charge is 2.52. The highest BCUT2D eigenvalue weighted by atomic mass is 16.5. The maximum absolute atomic E-state index is 12.4. The summed E-state index contributed by atoms with van der Waals surface area (Å²) in [6.07, 6.45) is 3.63. The lowest BCUT2D eigenvalue weighted by atomic mass is 9.98. The standard InChI is InChI=1S/C12H19N3O3/c16-10-12(3-1-2-4-12)13-11(17)15(10)9-14-5-7-18-8-6-14/h1-9H2,(H,13,17). The van der Waals surface area contributed by atoms with E-state index in [9.17, 15) is 9.59 Å². The van der Waals surface area contributed by atoms with Crippen molar-refractivity contribution in [3.63, 3.8) is 0 Å². The molecule has 1 N–H and O–H groups in total. The molecule has 0 atom stereocenters. The number of imide groups is 1. The zero-order valence-corrected chi connectivity index (χ0v) is 10.5. The molecule has 3 aliphatic rings. The Kier molecular flexibility index (Phi) is 2.99. The van der Waals surface area contributed by atoms with Gasteiger partial charge in [0, 0.05) is 13.1 Å². The summed E-state index contributed by atoms with van der Waals surface area (Å²) in [7, 11) is 0. The molecule has 2 heterocycles. The van der Waals surface area contributed by atoms with Gasteiger partial charge in [-0.05, 0) is 12.8 Å². The van der Waals surface area contributed by atoms with E-state index in [2.05, 4.69) is 10.2 Å². The number of nitrogens with one attached hydrogen (secondary N) is 1. The van der Waals surface area contributed by atoms with Crippen LogP contribution in [0.1, 0.15) is 25.7 Å². The molecular weight excluding hydrogens is 234 g/mol. The second-order valence-electron chi connectivity index (χ2n) is 5.32. The Morgan fingerprint density at radius 2 is 1.83 bits per heavy atom. The zero-order chi connectivity index (χ0) is 12.6. The largest absolute Gasteiger partial charge is 0.379 e. The SMILES string of the molecule is O=C1NC2(CCCC2)C(=O)N1CN1CCOCC1. The number of carbonyl (C=O) groups excluding carboxylic acids is 2. The molecular formula is C12H19N3O3. The summed E-state index contributed by atoms with van der Waals surface area (Å²) in [5.41, 5.74) is -0.580. The Morgan fingerprint density at radius 3 is 2.50 bits per heavy atom. The molecule has 18 heavy (non-hydrogen) atoms. The van der Waals surface area contributed by atoms with E-state index in [4.69, 9.17) is 4.74 Å². The highest BCUT2D eigenvalue weighted by Crippen LogP contribution is 2.35. The molecule has 6 nitrogen and oxygen atoms in total. The van der Waals surface area contributed by atoms with Crippen molar-refractivity contribution in [1.82, 2.24) is 15.1 Å². The molecule has 100 valence electrons. The van der Waals surface area contributed by atoms with Gasteiger partial charge < -0.3 is 10.1 Å². The van der Waals surface area contributed by atoms with Gasteiger partial charge in [0.2, 0.25) is 0 Å². The third kappa shape index (κ3) is 1.89. The lowest BCUT2D eigenvalue weighted by Crippen LogP contribution is -2.48. The first kappa shape index (κ1) is 11.9. The van der Waals surface area contributed by atoms with Crippen LogP contribution in [0.5, 0.6) is 0 Å². The minimum Gasteiger partial charge on any atom is -0.379 e. The number of urea groups is 1. The summed E-state index contributed by atoms with van der Waals surface area (Å²) in [6, 6.07) is -0.228. The van der Waals surface area contributed by atoms with Gasteiger partial charge >= 0.3 is 6.03 Å². The Bertz CT molecular complexity index is 360. The fraction of sp³-hybridized carbons (Fsp3) is 0.833. The number of hydrogen-bond donors (Lipinski definition) is 1. The van der Waals surface area contributed by atoms with Crippen LogP contribution in [0.25, 0.3) is 0 Å². The zero-order valence-electron chi connectivity index (χ0n) is 10.5. The molecule has 3 rings (SSSR count). The number of amides is 3. The first-order valence-electron chi connectivity index (χ1n) is 6.65. The van der Waals surface area contributed by atoms with Crippen molar-refractivity contribution in [1.29, 1.82) is 0 Å². The van der Waals surface area contributed by atoms with E-state index in [0.717, 1.165) is 38.8 Å². The normalized spacial score (nSPS) is 28.1. The Labute approximate surface area is 106 Å². The molecule has 1 spiro atoms. The van der Waals surface area contributed by atoms with Gasteiger partial charge in [0.15, 0.2) is 0 Å². The average molecular weight is 253 g/mol. The van der Waals surface area contributed by atoms with E-state index in [1.807, 2.05) is 0 Å². The van der Waals surface area contributed by atoms with E-state index < -0.39 is 5.54 Å². The molecule has 3 fully saturated rings. The summed E-state index contributed by atoms with van der Waals surface area (Å²) >= 11 is 0. The summed E-state index contributed by atoms with van der Waals surface area (Å²) in [5.74, 6) is -0.0310. The number of carbonyl (C=O) groups is 2. The van der Waals surface area contributed by atoms with Crippen LogP contribution >= 0.6 is 0 Å². The fourth-order valence-electron chi connectivity index (χ4n) is 3.06. The maximum atomic E-state index is 12.4. The van der Waals surface area contributed by atoms with Crippen molar-refractivity contribution in [3.05, 3.63) is 0 Å². The lowest BCUT2D eigenvalue weighted by Gasteiger charge is -2.29. The van der Waals surface area contributed by atoms with Crippen molar-refractivity contribution >= 4 is 11.9 Å². The predicted octanol–water partition coefficient (Wildman–Crippen LogP) is 0.141. The van der Waals surface area contributed by atoms with Crippen molar-refractivity contribution < 1.29 is 14.3 Å². The third-order valence-corrected chi connectivity index (χ3v) is 4.15. The lowest BCUT2D eigenvalue weighted by molar-refractivity contribution is -0.133. The van der Waals surface area contributed by atoms with Crippen LogP contribution in [0, 0.1) is 0 Å². The van der Waals surface area contributed by atoms with Crippen molar-refractivity contribution in [3.8, 4) is 0 Å². The minimum atomic E-state index is -0.580. The van der Waals surface area contributed by atoms with Gasteiger partial charge in [0.1, 0.15) is 5.54 Å². The van der Waals surface area contributed by atoms with Gasteiger partial charge in [0.25, 0.3) is 5.91 Å². The number of hydrogen-bond acceptors (Lipinski definition) is 4. The van der Waals surface area contributed by atoms with Gasteiger partial charge in [-0.2, -0.15) is 0 Å². The molecule has 1 aliphatic carbocycles. The summed E-state index contributed by atoms with van der Waals surface area (Å²) < 4.78 is 5.27. The number of rotatable bonds is 2. The van der Waals surface area contributed by atoms with Gasteiger partial charge in [-0.25, -0.2) is 9.69 Å². The average Bonchev–Trinajstić information content (AvgIpc) is 2.93. The van der Waals surface area contributed by atoms with Crippen LogP contribution in [0.2, 0.25) is 0 Å². The molecule has 2 saturated heterocycles. The molecule has 0 aromatic rings. The molecule has 2 aliphatic heterocycles. The topological polar surface area (TPSA) is 61.9 Å². The van der Waals surface area contributed by atoms with Crippen LogP contribution in [0.15, 0.2) is 0 Å². The molecule has 1 saturated carbocycles. The summed E-state index contributed by atoms with van der Waals surface area (Å²) in [4.78, 5) is 27.8. The Balaban J connectivity index is 1.68. The number of nitrogens with zero attached hydrogens (tertiary/aromatic N) is 2. The second kappa shape index (κ2) is 4.51. The van der Waals surface area contributed by atoms with Gasteiger partial charge in [0.05, 0.1) is 19.9 Å². The van der Waals surface area contributed by atoms with Gasteiger partial charge in [-0.3, -0.25) is 9.69 Å². The van der Waals surface area contributed by atoms with E-state index in [1.54, 1.807) is 0 Å². The van der Waals surface area contributed by atoms with E-state index in [-0.39, 0.29) is 11.9 Å². The first-order chi connectivity index (χ1) is 8.71. The molecule has 0 aromatic carbocycles. The number of morpholine rings is 1. The quantitative estimate of drug-likeness (QED) is 0.711. The Hall–Kier alpha value is -1.14. The van der Waals surface area contributed by atoms with Crippen molar-refractivity contribution in [2.75, 3.05) is 33.0 Å². The number of ether oxygens (including phenoxy) is 1. The van der Waals surface area contributed by atoms with Crippen LogP contribution in [0.3, 0.4) is 0 Å². The monoisotopic (exact) mass is 253 g/mol. The first-order valence-corrected chi connectivity index (χ1v) is 6.65. The third-order valence-electron chi connectivity index (χ3n) is 4.15. The van der Waals surface area contributed by atoms with E-state index in [1.165, 1.54) is 4.90 Å². The Morgan fingerprint density at radius 1 is 1.17 bits per heavy atom. The molecule has 0 unspecified atom stereocenters. The summed E-state index contributed by atoms with van der Waals surface area (Å²) in [5, 5.41) is 2.90. The predicted molar refractivity (Wildman–Crippen MR) is 63.8 cm³/mol. The second-order valence-corrected chi connectivity index (χ2v) is 5.32. The van der Waals surface area contributed by atoms with Crippen molar-refractivity contribution in [2.45, 2.75) is 31.2 Å². The van der Waals surface area contributed by atoms with Crippen LogP contribution < -0.4 is 5.32 Å². The molecule has 0 radical (unpaired) electrons. The minimum absolute atomic E-state index is 0.0310.